The standard InChI is InChI=1S/C14H7Cl2F3O2/c15-10-5-2-6-11(16)12(10)13(20)8-3-1-4-9(7-8)21-14(17,18)19/h1-7H. The molecule has 0 unspecified atom stereocenters. The number of halogens is 5. The molecule has 0 spiro atoms. The Hall–Kier alpha value is -1.72. The number of carbonyl (C=O) groups is 1. The van der Waals surface area contributed by atoms with Gasteiger partial charge in [0.1, 0.15) is 5.75 Å². The Balaban J connectivity index is 2.38. The van der Waals surface area contributed by atoms with E-state index in [1.54, 1.807) is 6.07 Å². The second-order valence-electron chi connectivity index (χ2n) is 4.00. The summed E-state index contributed by atoms with van der Waals surface area (Å²) in [5.41, 5.74) is 0.0248. The summed E-state index contributed by atoms with van der Waals surface area (Å²) in [7, 11) is 0. The number of hydrogen-bond donors (Lipinski definition) is 0. The summed E-state index contributed by atoms with van der Waals surface area (Å²) in [4.78, 5) is 12.3. The number of benzene rings is 2. The van der Waals surface area contributed by atoms with Gasteiger partial charge < -0.3 is 4.74 Å². The van der Waals surface area contributed by atoms with Crippen LogP contribution >= 0.6 is 23.2 Å². The van der Waals surface area contributed by atoms with Crippen LogP contribution in [0.25, 0.3) is 0 Å². The van der Waals surface area contributed by atoms with Gasteiger partial charge in [-0.3, -0.25) is 4.79 Å². The molecule has 0 fully saturated rings. The van der Waals surface area contributed by atoms with Crippen molar-refractivity contribution in [2.24, 2.45) is 0 Å². The fourth-order valence-electron chi connectivity index (χ4n) is 1.69. The Morgan fingerprint density at radius 3 is 2.14 bits per heavy atom. The zero-order chi connectivity index (χ0) is 15.6. The highest BCUT2D eigenvalue weighted by atomic mass is 35.5. The molecule has 0 aliphatic carbocycles. The van der Waals surface area contributed by atoms with Crippen molar-refractivity contribution >= 4 is 29.0 Å². The molecule has 2 aromatic rings. The second kappa shape index (κ2) is 5.95. The lowest BCUT2D eigenvalue weighted by molar-refractivity contribution is -0.274. The second-order valence-corrected chi connectivity index (χ2v) is 4.82. The van der Waals surface area contributed by atoms with Crippen molar-refractivity contribution in [3.63, 3.8) is 0 Å². The summed E-state index contributed by atoms with van der Waals surface area (Å²) in [6.07, 6.45) is -4.83. The van der Waals surface area contributed by atoms with Gasteiger partial charge in [-0.15, -0.1) is 13.2 Å². The Labute approximate surface area is 128 Å². The van der Waals surface area contributed by atoms with Crippen molar-refractivity contribution < 1.29 is 22.7 Å². The van der Waals surface area contributed by atoms with E-state index in [0.29, 0.717) is 0 Å². The molecule has 0 aliphatic rings. The molecule has 2 aromatic carbocycles. The van der Waals surface area contributed by atoms with Crippen molar-refractivity contribution in [3.05, 3.63) is 63.6 Å². The lowest BCUT2D eigenvalue weighted by atomic mass is 10.0. The third-order valence-electron chi connectivity index (χ3n) is 2.52. The minimum absolute atomic E-state index is 0.00764. The van der Waals surface area contributed by atoms with Crippen molar-refractivity contribution in [1.29, 1.82) is 0 Å². The monoisotopic (exact) mass is 334 g/mol. The third kappa shape index (κ3) is 3.89. The van der Waals surface area contributed by atoms with Gasteiger partial charge >= 0.3 is 6.36 Å². The summed E-state index contributed by atoms with van der Waals surface area (Å²) in [5.74, 6) is -1.07. The maximum Gasteiger partial charge on any atom is 0.573 e. The molecule has 0 aromatic heterocycles. The number of rotatable bonds is 3. The topological polar surface area (TPSA) is 26.3 Å². The van der Waals surface area contributed by atoms with Gasteiger partial charge in [0.15, 0.2) is 5.78 Å². The SMILES string of the molecule is O=C(c1cccc(OC(F)(F)F)c1)c1c(Cl)cccc1Cl. The van der Waals surface area contributed by atoms with Crippen LogP contribution in [-0.4, -0.2) is 12.1 Å². The first kappa shape index (κ1) is 15.7. The Kier molecular flexibility index (Phi) is 4.44. The molecular weight excluding hydrogens is 328 g/mol. The van der Waals surface area contributed by atoms with E-state index in [1.807, 2.05) is 0 Å². The number of alkyl halides is 3. The number of carbonyl (C=O) groups excluding carboxylic acids is 1. The summed E-state index contributed by atoms with van der Waals surface area (Å²) in [6.45, 7) is 0. The molecule has 2 rings (SSSR count). The average molecular weight is 335 g/mol. The first-order valence-corrected chi connectivity index (χ1v) is 6.38. The van der Waals surface area contributed by atoms with Crippen LogP contribution in [0, 0.1) is 0 Å². The van der Waals surface area contributed by atoms with Gasteiger partial charge in [0.25, 0.3) is 0 Å². The predicted molar refractivity (Wildman–Crippen MR) is 73.0 cm³/mol. The molecule has 21 heavy (non-hydrogen) atoms. The van der Waals surface area contributed by atoms with Crippen LogP contribution in [0.4, 0.5) is 13.2 Å². The molecule has 110 valence electrons. The van der Waals surface area contributed by atoms with Gasteiger partial charge in [0.2, 0.25) is 0 Å². The van der Waals surface area contributed by atoms with Crippen LogP contribution in [0.2, 0.25) is 10.0 Å². The van der Waals surface area contributed by atoms with Gasteiger partial charge in [-0.1, -0.05) is 41.4 Å². The first-order chi connectivity index (χ1) is 9.78. The zero-order valence-corrected chi connectivity index (χ0v) is 11.8. The number of hydrogen-bond acceptors (Lipinski definition) is 2. The van der Waals surface area contributed by atoms with Crippen LogP contribution < -0.4 is 4.74 Å². The van der Waals surface area contributed by atoms with E-state index in [4.69, 9.17) is 23.2 Å². The molecule has 0 N–H and O–H groups in total. The smallest absolute Gasteiger partial charge is 0.406 e. The van der Waals surface area contributed by atoms with Crippen LogP contribution in [0.3, 0.4) is 0 Å². The highest BCUT2D eigenvalue weighted by Gasteiger charge is 2.31. The fraction of sp³-hybridized carbons (Fsp3) is 0.0714. The van der Waals surface area contributed by atoms with Crippen LogP contribution in [-0.2, 0) is 0 Å². The van der Waals surface area contributed by atoms with Crippen molar-refractivity contribution in [3.8, 4) is 5.75 Å². The van der Waals surface area contributed by atoms with E-state index in [9.17, 15) is 18.0 Å². The Bertz CT molecular complexity index is 664. The molecule has 7 heteroatoms. The predicted octanol–water partition coefficient (Wildman–Crippen LogP) is 5.12. The molecule has 0 aliphatic heterocycles. The fourth-order valence-corrected chi connectivity index (χ4v) is 2.26. The van der Waals surface area contributed by atoms with Crippen molar-refractivity contribution in [2.75, 3.05) is 0 Å². The lowest BCUT2D eigenvalue weighted by Crippen LogP contribution is -2.17. The molecule has 2 nitrogen and oxygen atoms in total. The Morgan fingerprint density at radius 2 is 1.57 bits per heavy atom. The highest BCUT2D eigenvalue weighted by Crippen LogP contribution is 2.29. The summed E-state index contributed by atoms with van der Waals surface area (Å²) in [5, 5.41) is 0.240. The molecule has 0 saturated carbocycles. The summed E-state index contributed by atoms with van der Waals surface area (Å²) < 4.78 is 40.3. The largest absolute Gasteiger partial charge is 0.573 e. The van der Waals surface area contributed by atoms with Crippen molar-refractivity contribution in [2.45, 2.75) is 6.36 Å². The van der Waals surface area contributed by atoms with E-state index in [-0.39, 0.29) is 21.2 Å². The normalized spacial score (nSPS) is 11.3. The van der Waals surface area contributed by atoms with Crippen molar-refractivity contribution in [1.82, 2.24) is 0 Å². The van der Waals surface area contributed by atoms with Crippen LogP contribution in [0.1, 0.15) is 15.9 Å². The molecule has 0 heterocycles. The Morgan fingerprint density at radius 1 is 1.00 bits per heavy atom. The molecule has 0 atom stereocenters. The molecular formula is C14H7Cl2F3O2. The quantitative estimate of drug-likeness (QED) is 0.728. The van der Waals surface area contributed by atoms with Crippen LogP contribution in [0.15, 0.2) is 42.5 Å². The first-order valence-electron chi connectivity index (χ1n) is 5.62. The maximum absolute atomic E-state index is 12.3. The number of ether oxygens (including phenoxy) is 1. The van der Waals surface area contributed by atoms with Gasteiger partial charge in [0, 0.05) is 5.56 Å². The van der Waals surface area contributed by atoms with Gasteiger partial charge in [-0.2, -0.15) is 0 Å². The van der Waals surface area contributed by atoms with Gasteiger partial charge in [-0.25, -0.2) is 0 Å². The van der Waals surface area contributed by atoms with E-state index in [0.717, 1.165) is 12.1 Å². The highest BCUT2D eigenvalue weighted by molar-refractivity contribution is 6.41. The van der Waals surface area contributed by atoms with E-state index in [2.05, 4.69) is 4.74 Å². The van der Waals surface area contributed by atoms with E-state index >= 15 is 0 Å². The van der Waals surface area contributed by atoms with E-state index < -0.39 is 17.9 Å². The molecule has 0 amide bonds. The average Bonchev–Trinajstić information content (AvgIpc) is 2.36. The summed E-state index contributed by atoms with van der Waals surface area (Å²) in [6, 6.07) is 9.20. The van der Waals surface area contributed by atoms with Gasteiger partial charge in [-0.05, 0) is 24.3 Å². The van der Waals surface area contributed by atoms with Gasteiger partial charge in [0.05, 0.1) is 15.6 Å². The summed E-state index contributed by atoms with van der Waals surface area (Å²) >= 11 is 11.8. The third-order valence-corrected chi connectivity index (χ3v) is 3.15. The zero-order valence-electron chi connectivity index (χ0n) is 10.2. The lowest BCUT2D eigenvalue weighted by Gasteiger charge is -2.10. The molecule has 0 bridgehead atoms. The molecule has 0 radical (unpaired) electrons. The minimum atomic E-state index is -4.83. The molecule has 0 saturated heterocycles. The number of ketones is 1. The maximum atomic E-state index is 12.3. The van der Waals surface area contributed by atoms with E-state index in [1.165, 1.54) is 24.3 Å². The van der Waals surface area contributed by atoms with Crippen LogP contribution in [0.5, 0.6) is 5.75 Å². The minimum Gasteiger partial charge on any atom is -0.406 e.